The van der Waals surface area contributed by atoms with E-state index in [1.54, 1.807) is 0 Å². The summed E-state index contributed by atoms with van der Waals surface area (Å²) >= 11 is 0. The zero-order chi connectivity index (χ0) is 15.7. The maximum atomic E-state index is 10.5. The molecule has 0 radical (unpaired) electrons. The van der Waals surface area contributed by atoms with Crippen molar-refractivity contribution in [3.05, 3.63) is 12.2 Å². The Morgan fingerprint density at radius 1 is 1.14 bits per heavy atom. The Morgan fingerprint density at radius 3 is 2.68 bits per heavy atom. The van der Waals surface area contributed by atoms with Crippen LogP contribution in [0.3, 0.4) is 0 Å². The van der Waals surface area contributed by atoms with Crippen molar-refractivity contribution < 1.29 is 10.2 Å². The molecule has 122 valence electrons. The van der Waals surface area contributed by atoms with Crippen LogP contribution in [0.2, 0.25) is 0 Å². The number of nitrogens with one attached hydrogen (secondary N) is 1. The van der Waals surface area contributed by atoms with Crippen molar-refractivity contribution in [3.63, 3.8) is 0 Å². The largest absolute Gasteiger partial charge is 0.393 e. The summed E-state index contributed by atoms with van der Waals surface area (Å²) in [6, 6.07) is 0. The van der Waals surface area contributed by atoms with Gasteiger partial charge in [-0.2, -0.15) is 0 Å². The molecule has 0 aromatic rings. The van der Waals surface area contributed by atoms with Crippen LogP contribution in [0.5, 0.6) is 0 Å². The quantitative estimate of drug-likeness (QED) is 0.602. The topological polar surface area (TPSA) is 64.3 Å². The van der Waals surface area contributed by atoms with Gasteiger partial charge in [0.05, 0.1) is 12.2 Å². The first-order valence-electron chi connectivity index (χ1n) is 8.99. The molecule has 0 aromatic heterocycles. The smallest absolute Gasteiger partial charge is 0.0724 e. The molecule has 4 aliphatic carbocycles. The Bertz CT molecular complexity index is 530. The van der Waals surface area contributed by atoms with E-state index >= 15 is 0 Å². The normalized spacial score (nSPS) is 57.2. The SMILES string of the molecule is C[C@]12C=CC(O)CC1CC(=N)[C@@H]1[C@H]2CC[C@]2(C)C(O)CC[C@@H]12. The lowest BCUT2D eigenvalue weighted by Gasteiger charge is -2.59. The summed E-state index contributed by atoms with van der Waals surface area (Å²) in [5, 5.41) is 29.2. The fourth-order valence-corrected chi connectivity index (χ4v) is 6.51. The average molecular weight is 303 g/mol. The number of rotatable bonds is 0. The predicted molar refractivity (Wildman–Crippen MR) is 86.8 cm³/mol. The van der Waals surface area contributed by atoms with Gasteiger partial charge in [-0.1, -0.05) is 26.0 Å². The molecule has 0 heterocycles. The average Bonchev–Trinajstić information content (AvgIpc) is 2.77. The van der Waals surface area contributed by atoms with E-state index in [4.69, 9.17) is 5.41 Å². The second kappa shape index (κ2) is 4.67. The van der Waals surface area contributed by atoms with E-state index < -0.39 is 0 Å². The molecule has 0 saturated heterocycles. The maximum Gasteiger partial charge on any atom is 0.0724 e. The number of fused-ring (bicyclic) bond motifs is 5. The summed E-state index contributed by atoms with van der Waals surface area (Å²) in [5.41, 5.74) is 1.05. The van der Waals surface area contributed by atoms with E-state index in [0.29, 0.717) is 23.7 Å². The molecule has 22 heavy (non-hydrogen) atoms. The molecule has 0 aromatic carbocycles. The highest BCUT2D eigenvalue weighted by atomic mass is 16.3. The fraction of sp³-hybridized carbons (Fsp3) is 0.842. The summed E-state index contributed by atoms with van der Waals surface area (Å²) in [4.78, 5) is 0. The Morgan fingerprint density at radius 2 is 1.91 bits per heavy atom. The van der Waals surface area contributed by atoms with E-state index in [1.807, 2.05) is 6.08 Å². The molecular formula is C19H29NO2. The zero-order valence-corrected chi connectivity index (χ0v) is 13.8. The van der Waals surface area contributed by atoms with Crippen LogP contribution in [0.25, 0.3) is 0 Å². The molecule has 3 heteroatoms. The van der Waals surface area contributed by atoms with Gasteiger partial charge >= 0.3 is 0 Å². The minimum Gasteiger partial charge on any atom is -0.393 e. The molecule has 0 aliphatic heterocycles. The lowest BCUT2D eigenvalue weighted by atomic mass is 9.46. The van der Waals surface area contributed by atoms with Crippen LogP contribution in [-0.4, -0.2) is 28.1 Å². The van der Waals surface area contributed by atoms with Gasteiger partial charge in [0.1, 0.15) is 0 Å². The molecular weight excluding hydrogens is 274 g/mol. The third kappa shape index (κ3) is 1.78. The number of hydrogen-bond acceptors (Lipinski definition) is 3. The van der Waals surface area contributed by atoms with E-state index in [2.05, 4.69) is 19.9 Å². The van der Waals surface area contributed by atoms with Gasteiger partial charge in [0.15, 0.2) is 0 Å². The van der Waals surface area contributed by atoms with Crippen LogP contribution in [0.4, 0.5) is 0 Å². The molecule has 4 aliphatic rings. The van der Waals surface area contributed by atoms with Gasteiger partial charge in [0, 0.05) is 11.6 Å². The highest BCUT2D eigenvalue weighted by Crippen LogP contribution is 2.64. The van der Waals surface area contributed by atoms with Crippen molar-refractivity contribution >= 4 is 5.71 Å². The second-order valence-corrected chi connectivity index (χ2v) is 8.83. The number of allylic oxidation sites excluding steroid dienone is 1. The molecule has 3 N–H and O–H groups in total. The lowest BCUT2D eigenvalue weighted by Crippen LogP contribution is -2.56. The molecule has 4 rings (SSSR count). The standard InChI is InChI=1S/C19H29NO2/c1-18-7-5-12(21)9-11(18)10-15(20)17-13-3-4-16(22)19(13,2)8-6-14(17)18/h5,7,11-14,16-17,20-22H,3-4,6,8-10H2,1-2H3/t11?,12?,13-,14+,16?,17-,18-,19-/m0/s1. The third-order valence-corrected chi connectivity index (χ3v) is 7.97. The molecule has 3 unspecified atom stereocenters. The molecule has 0 spiro atoms. The van der Waals surface area contributed by atoms with Gasteiger partial charge in [-0.25, -0.2) is 0 Å². The summed E-state index contributed by atoms with van der Waals surface area (Å²) in [6.45, 7) is 4.62. The molecule has 0 bridgehead atoms. The van der Waals surface area contributed by atoms with Crippen LogP contribution in [0, 0.1) is 39.9 Å². The lowest BCUT2D eigenvalue weighted by molar-refractivity contribution is -0.0620. The van der Waals surface area contributed by atoms with Crippen LogP contribution in [0.15, 0.2) is 12.2 Å². The number of aliphatic hydroxyl groups is 2. The predicted octanol–water partition coefficient (Wildman–Crippen LogP) is 3.16. The summed E-state index contributed by atoms with van der Waals surface area (Å²) in [6.07, 6.45) is 9.58. The van der Waals surface area contributed by atoms with E-state index in [1.165, 1.54) is 0 Å². The first-order valence-corrected chi connectivity index (χ1v) is 8.99. The molecule has 8 atom stereocenters. The van der Waals surface area contributed by atoms with Crippen molar-refractivity contribution in [2.24, 2.45) is 34.5 Å². The maximum absolute atomic E-state index is 10.5. The van der Waals surface area contributed by atoms with Crippen LogP contribution >= 0.6 is 0 Å². The first kappa shape index (κ1) is 14.9. The van der Waals surface area contributed by atoms with E-state index in [-0.39, 0.29) is 23.0 Å². The van der Waals surface area contributed by atoms with E-state index in [0.717, 1.165) is 44.2 Å². The molecule has 3 fully saturated rings. The Hall–Kier alpha value is -0.670. The summed E-state index contributed by atoms with van der Waals surface area (Å²) < 4.78 is 0. The monoisotopic (exact) mass is 303 g/mol. The Kier molecular flexibility index (Phi) is 3.16. The van der Waals surface area contributed by atoms with Crippen molar-refractivity contribution in [3.8, 4) is 0 Å². The van der Waals surface area contributed by atoms with Crippen LogP contribution < -0.4 is 0 Å². The van der Waals surface area contributed by atoms with Gasteiger partial charge in [-0.15, -0.1) is 0 Å². The van der Waals surface area contributed by atoms with E-state index in [9.17, 15) is 10.2 Å². The minimum absolute atomic E-state index is 0.0224. The summed E-state index contributed by atoms with van der Waals surface area (Å²) in [7, 11) is 0. The Balaban J connectivity index is 1.73. The van der Waals surface area contributed by atoms with Gasteiger partial charge in [0.2, 0.25) is 0 Å². The third-order valence-electron chi connectivity index (χ3n) is 7.97. The number of aliphatic hydroxyl groups excluding tert-OH is 2. The van der Waals surface area contributed by atoms with Gasteiger partial charge in [-0.3, -0.25) is 0 Å². The fourth-order valence-electron chi connectivity index (χ4n) is 6.51. The van der Waals surface area contributed by atoms with Gasteiger partial charge in [-0.05, 0) is 67.1 Å². The van der Waals surface area contributed by atoms with Gasteiger partial charge < -0.3 is 15.6 Å². The van der Waals surface area contributed by atoms with Crippen molar-refractivity contribution in [1.29, 1.82) is 5.41 Å². The Labute approximate surface area is 133 Å². The second-order valence-electron chi connectivity index (χ2n) is 8.83. The molecule has 0 amide bonds. The minimum atomic E-state index is -0.329. The summed E-state index contributed by atoms with van der Waals surface area (Å²) in [5.74, 6) is 1.76. The van der Waals surface area contributed by atoms with Crippen LogP contribution in [0.1, 0.15) is 52.4 Å². The molecule has 3 nitrogen and oxygen atoms in total. The molecule has 3 saturated carbocycles. The number of hydrogen-bond donors (Lipinski definition) is 3. The van der Waals surface area contributed by atoms with Crippen LogP contribution in [-0.2, 0) is 0 Å². The van der Waals surface area contributed by atoms with Gasteiger partial charge in [0.25, 0.3) is 0 Å². The first-order chi connectivity index (χ1) is 10.4. The van der Waals surface area contributed by atoms with Crippen molar-refractivity contribution in [2.75, 3.05) is 0 Å². The zero-order valence-electron chi connectivity index (χ0n) is 13.8. The van der Waals surface area contributed by atoms with Crippen molar-refractivity contribution in [2.45, 2.75) is 64.6 Å². The highest BCUT2D eigenvalue weighted by molar-refractivity contribution is 5.86. The van der Waals surface area contributed by atoms with Crippen molar-refractivity contribution in [1.82, 2.24) is 0 Å². The highest BCUT2D eigenvalue weighted by Gasteiger charge is 2.60.